The zero-order valence-corrected chi connectivity index (χ0v) is 11.0. The first-order valence-corrected chi connectivity index (χ1v) is 5.67. The molecule has 0 heterocycles. The van der Waals surface area contributed by atoms with Gasteiger partial charge >= 0.3 is 0 Å². The minimum atomic E-state index is 0. The Balaban J connectivity index is -0.0000000735. The third-order valence-corrected chi connectivity index (χ3v) is 2.44. The van der Waals surface area contributed by atoms with Gasteiger partial charge in [-0.2, -0.15) is 0 Å². The van der Waals surface area contributed by atoms with Gasteiger partial charge in [0.15, 0.2) is 0 Å². The van der Waals surface area contributed by atoms with Crippen LogP contribution in [0.4, 0.5) is 0 Å². The molecule has 1 rings (SSSR count). The Bertz CT molecular complexity index is 214. The second kappa shape index (κ2) is 18.5. The van der Waals surface area contributed by atoms with Gasteiger partial charge in [0.05, 0.1) is 0 Å². The first-order chi connectivity index (χ1) is 7.17. The quantitative estimate of drug-likeness (QED) is 0.698. The van der Waals surface area contributed by atoms with Crippen LogP contribution < -0.4 is 0 Å². The van der Waals surface area contributed by atoms with Crippen molar-refractivity contribution in [2.75, 3.05) is 7.11 Å². The second-order valence-electron chi connectivity index (χ2n) is 3.60. The summed E-state index contributed by atoms with van der Waals surface area (Å²) >= 11 is 0. The van der Waals surface area contributed by atoms with Crippen LogP contribution in [0.25, 0.3) is 0 Å². The van der Waals surface area contributed by atoms with Crippen molar-refractivity contribution in [2.24, 2.45) is 0 Å². The Morgan fingerprint density at radius 2 is 1.22 bits per heavy atom. The molecule has 0 aromatic heterocycles. The monoisotopic (exact) mass is 258 g/mol. The first-order valence-electron chi connectivity index (χ1n) is 5.67. The minimum Gasteiger partial charge on any atom is -0.400 e. The van der Waals surface area contributed by atoms with Crippen LogP contribution in [-0.2, 0) is 5.41 Å². The van der Waals surface area contributed by atoms with Gasteiger partial charge in [0, 0.05) is 7.11 Å². The lowest BCUT2D eigenvalue weighted by Crippen LogP contribution is -2.14. The molecule has 18 heavy (non-hydrogen) atoms. The Labute approximate surface area is 117 Å². The van der Waals surface area contributed by atoms with Crippen molar-refractivity contribution in [3.63, 3.8) is 0 Å². The summed E-state index contributed by atoms with van der Waals surface area (Å²) in [4.78, 5) is 0. The highest BCUT2D eigenvalue weighted by atomic mass is 16.2. The van der Waals surface area contributed by atoms with Gasteiger partial charge in [0.1, 0.15) is 0 Å². The van der Waals surface area contributed by atoms with E-state index in [1.54, 1.807) is 0 Å². The summed E-state index contributed by atoms with van der Waals surface area (Å²) in [5.74, 6) is 0. The van der Waals surface area contributed by atoms with Crippen molar-refractivity contribution in [2.45, 2.75) is 68.7 Å². The molecule has 0 amide bonds. The number of hydrogen-bond acceptors (Lipinski definition) is 1. The first kappa shape index (κ1) is 30.3. The molecule has 0 fully saturated rings. The average Bonchev–Trinajstić information content (AvgIpc) is 2.35. The molecule has 0 aliphatic rings. The maximum atomic E-state index is 7.00. The van der Waals surface area contributed by atoms with Crippen LogP contribution in [0.15, 0.2) is 30.3 Å². The topological polar surface area (TPSA) is 20.2 Å². The molecular weight excluding hydrogens is 220 g/mol. The number of benzene rings is 1. The third kappa shape index (κ3) is 11.7. The number of aliphatic hydroxyl groups excluding tert-OH is 1. The third-order valence-electron chi connectivity index (χ3n) is 2.44. The van der Waals surface area contributed by atoms with Crippen molar-refractivity contribution in [3.05, 3.63) is 35.9 Å². The molecule has 1 nitrogen and oxygen atoms in total. The van der Waals surface area contributed by atoms with Crippen molar-refractivity contribution < 1.29 is 5.11 Å². The van der Waals surface area contributed by atoms with Crippen molar-refractivity contribution in [1.29, 1.82) is 0 Å². The second-order valence-corrected chi connectivity index (χ2v) is 3.60. The van der Waals surface area contributed by atoms with E-state index in [4.69, 9.17) is 5.11 Å². The van der Waals surface area contributed by atoms with Crippen LogP contribution in [-0.4, -0.2) is 12.2 Å². The molecule has 0 aliphatic heterocycles. The highest BCUT2D eigenvalue weighted by Gasteiger charge is 2.16. The molecule has 1 N–H and O–H groups in total. The van der Waals surface area contributed by atoms with Crippen LogP contribution >= 0.6 is 0 Å². The van der Waals surface area contributed by atoms with Gasteiger partial charge in [-0.05, 0) is 17.4 Å². The fourth-order valence-electron chi connectivity index (χ4n) is 1.09. The van der Waals surface area contributed by atoms with Crippen molar-refractivity contribution in [1.82, 2.24) is 0 Å². The number of aliphatic hydroxyl groups is 1. The van der Waals surface area contributed by atoms with Gasteiger partial charge in [0.25, 0.3) is 0 Å². The highest BCUT2D eigenvalue weighted by Crippen LogP contribution is 2.25. The normalized spacial score (nSPS) is 7.72. The van der Waals surface area contributed by atoms with Gasteiger partial charge in [-0.3, -0.25) is 0 Å². The molecule has 0 aliphatic carbocycles. The fourth-order valence-corrected chi connectivity index (χ4v) is 1.09. The van der Waals surface area contributed by atoms with Gasteiger partial charge in [-0.1, -0.05) is 87.2 Å². The van der Waals surface area contributed by atoms with Crippen LogP contribution in [0.1, 0.15) is 68.9 Å². The van der Waals surface area contributed by atoms with Crippen LogP contribution in [0.3, 0.4) is 0 Å². The maximum Gasteiger partial charge on any atom is 0.0319 e. The summed E-state index contributed by atoms with van der Waals surface area (Å²) < 4.78 is 0. The minimum absolute atomic E-state index is 0. The summed E-state index contributed by atoms with van der Waals surface area (Å²) in [6.45, 7) is 10.8. The molecule has 0 saturated carbocycles. The lowest BCUT2D eigenvalue weighted by atomic mass is 9.82. The zero-order valence-electron chi connectivity index (χ0n) is 11.0. The van der Waals surface area contributed by atoms with Crippen LogP contribution in [0.2, 0.25) is 0 Å². The van der Waals surface area contributed by atoms with Crippen molar-refractivity contribution >= 4 is 0 Å². The molecule has 1 aromatic carbocycles. The fraction of sp³-hybridized carbons (Fsp3) is 0.647. The molecule has 0 radical (unpaired) electrons. The summed E-state index contributed by atoms with van der Waals surface area (Å²) in [6, 6.07) is 10.7. The van der Waals surface area contributed by atoms with Gasteiger partial charge < -0.3 is 5.11 Å². The summed E-state index contributed by atoms with van der Waals surface area (Å²) in [5, 5.41) is 7.00. The maximum absolute atomic E-state index is 7.00. The predicted octanol–water partition coefficient (Wildman–Crippen LogP) is 5.92. The van der Waals surface area contributed by atoms with E-state index in [2.05, 4.69) is 51.1 Å². The Morgan fingerprint density at radius 1 is 0.889 bits per heavy atom. The zero-order chi connectivity index (χ0) is 12.3. The molecule has 0 saturated heterocycles. The Kier molecular flexibility index (Phi) is 31.2. The van der Waals surface area contributed by atoms with E-state index in [0.29, 0.717) is 5.41 Å². The summed E-state index contributed by atoms with van der Waals surface area (Å²) in [7, 11) is 1.00. The SMILES string of the molecule is C.C.C.CC.CCC(C)(C)c1ccccc1.CO. The molecule has 0 spiro atoms. The molecule has 0 bridgehead atoms. The lowest BCUT2D eigenvalue weighted by Gasteiger charge is -2.22. The van der Waals surface area contributed by atoms with E-state index in [9.17, 15) is 0 Å². The largest absolute Gasteiger partial charge is 0.400 e. The predicted molar refractivity (Wildman–Crippen MR) is 89.4 cm³/mol. The van der Waals surface area contributed by atoms with Crippen molar-refractivity contribution in [3.8, 4) is 0 Å². The molecule has 0 atom stereocenters. The van der Waals surface area contributed by atoms with E-state index < -0.39 is 0 Å². The standard InChI is InChI=1S/C11H16.C2H6.CH4O.3CH4/c1-4-11(2,3)10-8-6-5-7-9-10;2*1-2;;;/h5-9H,4H2,1-3H3;1-2H3;2H,1H3;3*1H4. The van der Waals surface area contributed by atoms with E-state index in [1.807, 2.05) is 13.8 Å². The van der Waals surface area contributed by atoms with E-state index in [-0.39, 0.29) is 22.3 Å². The Morgan fingerprint density at radius 3 is 1.50 bits per heavy atom. The molecule has 1 heteroatoms. The molecule has 1 aromatic rings. The van der Waals surface area contributed by atoms with Gasteiger partial charge in [-0.15, -0.1) is 0 Å². The number of rotatable bonds is 2. The smallest absolute Gasteiger partial charge is 0.0319 e. The summed E-state index contributed by atoms with van der Waals surface area (Å²) in [5.41, 5.74) is 1.77. The number of hydrogen-bond donors (Lipinski definition) is 1. The van der Waals surface area contributed by atoms with Gasteiger partial charge in [0.2, 0.25) is 0 Å². The molecule has 112 valence electrons. The van der Waals surface area contributed by atoms with E-state index in [0.717, 1.165) is 7.11 Å². The lowest BCUT2D eigenvalue weighted by molar-refractivity contribution is 0.399. The van der Waals surface area contributed by atoms with Gasteiger partial charge in [-0.25, -0.2) is 0 Å². The molecule has 0 unspecified atom stereocenters. The van der Waals surface area contributed by atoms with Crippen LogP contribution in [0, 0.1) is 0 Å². The Hall–Kier alpha value is -0.820. The highest BCUT2D eigenvalue weighted by molar-refractivity contribution is 5.22. The average molecular weight is 258 g/mol. The van der Waals surface area contributed by atoms with E-state index >= 15 is 0 Å². The molecular formula is C17H38O. The van der Waals surface area contributed by atoms with Crippen LogP contribution in [0.5, 0.6) is 0 Å². The van der Waals surface area contributed by atoms with E-state index in [1.165, 1.54) is 12.0 Å². The summed E-state index contributed by atoms with van der Waals surface area (Å²) in [6.07, 6.45) is 1.19.